The molecule has 0 aliphatic heterocycles. The lowest BCUT2D eigenvalue weighted by atomic mass is 9.85. The molecular weight excluding hydrogens is 402 g/mol. The van der Waals surface area contributed by atoms with Gasteiger partial charge in [0.05, 0.1) is 21.9 Å². The van der Waals surface area contributed by atoms with Crippen molar-refractivity contribution in [3.8, 4) is 11.5 Å². The summed E-state index contributed by atoms with van der Waals surface area (Å²) in [7, 11) is -1.52. The van der Waals surface area contributed by atoms with Gasteiger partial charge in [0.15, 0.2) is 11.5 Å². The van der Waals surface area contributed by atoms with Gasteiger partial charge in [0.25, 0.3) is 0 Å². The molecule has 0 aliphatic rings. The molecule has 0 radical (unpaired) electrons. The van der Waals surface area contributed by atoms with E-state index < -0.39 is 14.1 Å². The number of hydrogen-bond donors (Lipinski definition) is 0. The van der Waals surface area contributed by atoms with Crippen molar-refractivity contribution < 1.29 is 27.2 Å². The smallest absolute Gasteiger partial charge is 0.225 e. The molecule has 0 N–H and O–H groups in total. The van der Waals surface area contributed by atoms with Crippen LogP contribution in [0.15, 0.2) is 30.4 Å². The summed E-state index contributed by atoms with van der Waals surface area (Å²) in [5, 5.41) is 0. The molecule has 0 saturated heterocycles. The Labute approximate surface area is 204 Å². The van der Waals surface area contributed by atoms with Crippen LogP contribution in [0.2, 0.25) is 0 Å². The Kier molecular flexibility index (Phi) is 9.08. The minimum atomic E-state index is -2.63. The van der Waals surface area contributed by atoms with E-state index in [0.29, 0.717) is 30.4 Å². The summed E-state index contributed by atoms with van der Waals surface area (Å²) in [5.41, 5.74) is 0.978. The van der Waals surface area contributed by atoms with Crippen molar-refractivity contribution in [3.05, 3.63) is 35.9 Å². The van der Waals surface area contributed by atoms with Gasteiger partial charge in [-0.1, -0.05) is 45.9 Å². The molecule has 1 amide bonds. The van der Waals surface area contributed by atoms with Crippen LogP contribution in [0.4, 0.5) is 0 Å². The molecule has 182 valence electrons. The predicted molar refractivity (Wildman–Crippen MR) is 132 cm³/mol. The molecule has 5 heteroatoms. The zero-order chi connectivity index (χ0) is 29.1. The maximum Gasteiger partial charge on any atom is 0.225 e. The largest absolute Gasteiger partial charge is 0.493 e. The van der Waals surface area contributed by atoms with Crippen LogP contribution in [0.25, 0.3) is 0 Å². The van der Waals surface area contributed by atoms with Gasteiger partial charge in [-0.3, -0.25) is 4.79 Å². The monoisotopic (exact) mass is 453 g/mol. The number of benzene rings is 1. The first-order chi connectivity index (χ1) is 17.5. The van der Waals surface area contributed by atoms with Gasteiger partial charge in [-0.05, 0) is 54.7 Å². The second kappa shape index (κ2) is 14.9. The molecule has 1 rings (SSSR count). The van der Waals surface area contributed by atoms with Gasteiger partial charge in [-0.15, -0.1) is 0 Å². The van der Waals surface area contributed by atoms with E-state index in [4.69, 9.17) is 22.4 Å². The molecule has 0 bridgehead atoms. The summed E-state index contributed by atoms with van der Waals surface area (Å²) >= 11 is 0. The average molecular weight is 454 g/mol. The fourth-order valence-electron chi connectivity index (χ4n) is 3.59. The van der Waals surface area contributed by atoms with Crippen LogP contribution in [-0.2, 0) is 16.0 Å². The van der Waals surface area contributed by atoms with Gasteiger partial charge in [-0.2, -0.15) is 0 Å². The van der Waals surface area contributed by atoms with Crippen LogP contribution in [0.3, 0.4) is 0 Å². The first kappa shape index (κ1) is 19.5. The Bertz CT molecular complexity index is 881. The first-order valence-corrected chi connectivity index (χ1v) is 11.4. The van der Waals surface area contributed by atoms with E-state index in [1.54, 1.807) is 31.1 Å². The molecule has 0 spiro atoms. The van der Waals surface area contributed by atoms with E-state index in [0.717, 1.165) is 18.4 Å². The van der Waals surface area contributed by atoms with E-state index in [-0.39, 0.29) is 36.7 Å². The van der Waals surface area contributed by atoms with Crippen molar-refractivity contribution >= 4 is 5.91 Å². The molecule has 1 aromatic carbocycles. The summed E-state index contributed by atoms with van der Waals surface area (Å²) in [4.78, 5) is 14.1. The highest BCUT2D eigenvalue weighted by molar-refractivity contribution is 5.78. The van der Waals surface area contributed by atoms with Crippen molar-refractivity contribution in [1.29, 1.82) is 0 Å². The Hall–Kier alpha value is -2.01. The van der Waals surface area contributed by atoms with Gasteiger partial charge >= 0.3 is 0 Å². The normalized spacial score (nSPS) is 17.1. The molecule has 0 aliphatic carbocycles. The number of carbonyl (C=O) groups is 1. The van der Waals surface area contributed by atoms with Gasteiger partial charge in [0.1, 0.15) is 0 Å². The zero-order valence-corrected chi connectivity index (χ0v) is 20.5. The van der Waals surface area contributed by atoms with Crippen LogP contribution in [0.5, 0.6) is 11.5 Å². The third-order valence-corrected chi connectivity index (χ3v) is 5.77. The quantitative estimate of drug-likeness (QED) is 0.255. The molecule has 0 aromatic heterocycles. The van der Waals surface area contributed by atoms with Crippen molar-refractivity contribution in [2.45, 2.75) is 53.4 Å². The van der Waals surface area contributed by atoms with Crippen molar-refractivity contribution in [1.82, 2.24) is 4.90 Å². The third-order valence-electron chi connectivity index (χ3n) is 5.77. The van der Waals surface area contributed by atoms with Crippen LogP contribution in [0.1, 0.15) is 60.7 Å². The molecular formula is C27H45NO4. The number of ether oxygens (including phenoxy) is 3. The topological polar surface area (TPSA) is 48.0 Å². The van der Waals surface area contributed by atoms with Crippen LogP contribution in [0, 0.1) is 23.7 Å². The van der Waals surface area contributed by atoms with Crippen molar-refractivity contribution in [2.75, 3.05) is 41.4 Å². The van der Waals surface area contributed by atoms with E-state index in [1.165, 1.54) is 0 Å². The lowest BCUT2D eigenvalue weighted by Gasteiger charge is -2.23. The zero-order valence-electron chi connectivity index (χ0n) is 26.5. The first-order valence-electron chi connectivity index (χ1n) is 14.4. The van der Waals surface area contributed by atoms with Gasteiger partial charge in [0.2, 0.25) is 5.91 Å². The molecule has 0 fully saturated rings. The predicted octanol–water partition coefficient (Wildman–Crippen LogP) is 5.62. The molecule has 0 saturated carbocycles. The Morgan fingerprint density at radius 3 is 2.41 bits per heavy atom. The highest BCUT2D eigenvalue weighted by Gasteiger charge is 2.22. The minimum Gasteiger partial charge on any atom is -0.493 e. The van der Waals surface area contributed by atoms with Gasteiger partial charge in [0, 0.05) is 40.1 Å². The lowest BCUT2D eigenvalue weighted by Crippen LogP contribution is -2.32. The van der Waals surface area contributed by atoms with Crippen molar-refractivity contribution in [2.24, 2.45) is 23.7 Å². The number of nitrogens with zero attached hydrogens (tertiary/aromatic N) is 1. The van der Waals surface area contributed by atoms with E-state index in [9.17, 15) is 4.79 Å². The number of methoxy groups -OCH3 is 2. The number of rotatable bonds is 15. The van der Waals surface area contributed by atoms with E-state index in [1.807, 2.05) is 6.07 Å². The van der Waals surface area contributed by atoms with Crippen LogP contribution >= 0.6 is 0 Å². The molecule has 0 unspecified atom stereocenters. The molecule has 1 aromatic rings. The molecule has 0 heterocycles. The number of amides is 1. The maximum atomic E-state index is 12.5. The van der Waals surface area contributed by atoms with Gasteiger partial charge in [-0.25, -0.2) is 0 Å². The summed E-state index contributed by atoms with van der Waals surface area (Å²) in [6.45, 7) is 8.60. The van der Waals surface area contributed by atoms with E-state index in [2.05, 4.69) is 39.8 Å². The number of carbonyl (C=O) groups excluding carboxylic acids is 1. The summed E-state index contributed by atoms with van der Waals surface area (Å²) in [6, 6.07) is 5.23. The van der Waals surface area contributed by atoms with E-state index >= 15 is 0 Å². The third kappa shape index (κ3) is 9.64. The van der Waals surface area contributed by atoms with Crippen LogP contribution < -0.4 is 9.47 Å². The Morgan fingerprint density at radius 2 is 1.78 bits per heavy atom. The molecule has 32 heavy (non-hydrogen) atoms. The average Bonchev–Trinajstić information content (AvgIpc) is 2.76. The van der Waals surface area contributed by atoms with Gasteiger partial charge < -0.3 is 19.1 Å². The Morgan fingerprint density at radius 1 is 1.03 bits per heavy atom. The Balaban J connectivity index is 2.92. The lowest BCUT2D eigenvalue weighted by molar-refractivity contribution is -0.134. The molecule has 2 atom stereocenters. The second-order valence-electron chi connectivity index (χ2n) is 9.17. The number of allylic oxidation sites excluding steroid dienone is 2. The standard InChI is InChI=1S/C27H45NO4/c1-20(2)23(12-9-10-13-24(21(3)4)27(29)28(5)6)18-22-14-15-25(31-8)26(19-22)32-17-11-16-30-7/h9-10,14-15,19-21,23-24H,11-13,16-18H2,1-8H3/b10-9+/t23-,24+/m1/s1/i7D3,8D3. The highest BCUT2D eigenvalue weighted by Crippen LogP contribution is 2.31. The summed E-state index contributed by atoms with van der Waals surface area (Å²) in [6.07, 6.45) is 6.86. The minimum absolute atomic E-state index is 0.00871. The summed E-state index contributed by atoms with van der Waals surface area (Å²) in [5.74, 6) is 1.47. The fraction of sp³-hybridized carbons (Fsp3) is 0.667. The van der Waals surface area contributed by atoms with Crippen LogP contribution in [-0.4, -0.2) is 52.2 Å². The number of hydrogen-bond acceptors (Lipinski definition) is 4. The maximum absolute atomic E-state index is 12.5. The second-order valence-corrected chi connectivity index (χ2v) is 9.17. The fourth-order valence-corrected chi connectivity index (χ4v) is 3.59. The van der Waals surface area contributed by atoms with Crippen molar-refractivity contribution in [3.63, 3.8) is 0 Å². The molecule has 5 nitrogen and oxygen atoms in total. The highest BCUT2D eigenvalue weighted by atomic mass is 16.5. The SMILES string of the molecule is [2H]C([2H])([2H])OCCCOc1cc(C[C@@H](C/C=C/C[C@H](C(=O)N(C)C)C(C)C)C(C)C)ccc1OC([2H])([2H])[2H]. The summed E-state index contributed by atoms with van der Waals surface area (Å²) < 4.78 is 59.3.